The van der Waals surface area contributed by atoms with Crippen molar-refractivity contribution in [3.05, 3.63) is 24.3 Å². The third-order valence-electron chi connectivity index (χ3n) is 7.95. The van der Waals surface area contributed by atoms with Crippen LogP contribution in [0.5, 0.6) is 0 Å². The van der Waals surface area contributed by atoms with Crippen LogP contribution in [0.15, 0.2) is 24.3 Å². The first-order valence-corrected chi connectivity index (χ1v) is 14.8. The number of piperazine rings is 1. The molecule has 0 radical (unpaired) electrons. The van der Waals surface area contributed by atoms with Crippen LogP contribution in [0, 0.1) is 5.92 Å². The molecule has 190 valence electrons. The summed E-state index contributed by atoms with van der Waals surface area (Å²) in [6, 6.07) is 8.97. The second kappa shape index (κ2) is 11.4. The molecule has 0 bridgehead atoms. The molecule has 7 nitrogen and oxygen atoms in total. The minimum absolute atomic E-state index is 0.0408. The third-order valence-corrected chi connectivity index (χ3v) is 9.86. The molecule has 1 aromatic carbocycles. The normalized spacial score (nSPS) is 25.4. The van der Waals surface area contributed by atoms with Crippen LogP contribution in [0.2, 0.25) is 0 Å². The van der Waals surface area contributed by atoms with Crippen LogP contribution in [-0.2, 0) is 14.8 Å². The maximum Gasteiger partial charge on any atom is 0.227 e. The van der Waals surface area contributed by atoms with Crippen molar-refractivity contribution >= 4 is 27.3 Å². The first-order valence-electron chi connectivity index (χ1n) is 13.2. The highest BCUT2D eigenvalue weighted by Crippen LogP contribution is 2.28. The van der Waals surface area contributed by atoms with Gasteiger partial charge >= 0.3 is 0 Å². The van der Waals surface area contributed by atoms with E-state index >= 15 is 0 Å². The van der Waals surface area contributed by atoms with Gasteiger partial charge in [-0.3, -0.25) is 9.69 Å². The van der Waals surface area contributed by atoms with Gasteiger partial charge in [0.05, 0.1) is 5.25 Å². The monoisotopic (exact) mass is 490 g/mol. The summed E-state index contributed by atoms with van der Waals surface area (Å²) in [7, 11) is -3.26. The molecular formula is C26H42N4O3S. The van der Waals surface area contributed by atoms with Gasteiger partial charge in [-0.15, -0.1) is 0 Å². The molecule has 0 aromatic heterocycles. The Hall–Kier alpha value is -1.64. The summed E-state index contributed by atoms with van der Waals surface area (Å²) in [4.78, 5) is 17.9. The second-order valence-corrected chi connectivity index (χ2v) is 12.9. The van der Waals surface area contributed by atoms with E-state index in [9.17, 15) is 13.2 Å². The molecule has 0 unspecified atom stereocenters. The Labute approximate surface area is 205 Å². The van der Waals surface area contributed by atoms with Crippen LogP contribution in [0.3, 0.4) is 0 Å². The fourth-order valence-electron chi connectivity index (χ4n) is 5.63. The van der Waals surface area contributed by atoms with Gasteiger partial charge in [-0.05, 0) is 76.6 Å². The molecular weight excluding hydrogens is 448 g/mol. The van der Waals surface area contributed by atoms with E-state index in [0.717, 1.165) is 37.9 Å². The van der Waals surface area contributed by atoms with Crippen LogP contribution >= 0.6 is 0 Å². The summed E-state index contributed by atoms with van der Waals surface area (Å²) >= 11 is 0. The Kier molecular flexibility index (Phi) is 8.53. The van der Waals surface area contributed by atoms with Crippen LogP contribution in [0.4, 0.5) is 11.4 Å². The molecule has 2 N–H and O–H groups in total. The van der Waals surface area contributed by atoms with E-state index < -0.39 is 15.3 Å². The lowest BCUT2D eigenvalue weighted by Crippen LogP contribution is -2.50. The summed E-state index contributed by atoms with van der Waals surface area (Å²) in [5.41, 5.74) is 2.05. The highest BCUT2D eigenvalue weighted by molar-refractivity contribution is 7.90. The molecule has 2 aliphatic carbocycles. The molecule has 4 rings (SSSR count). The van der Waals surface area contributed by atoms with Crippen LogP contribution in [0.25, 0.3) is 0 Å². The molecule has 0 spiro atoms. The summed E-state index contributed by atoms with van der Waals surface area (Å²) in [6.45, 7) is 7.77. The largest absolute Gasteiger partial charge is 0.369 e. The van der Waals surface area contributed by atoms with E-state index in [2.05, 4.69) is 32.0 Å². The Balaban J connectivity index is 1.21. The number of rotatable bonds is 7. The maximum atomic E-state index is 12.8. The number of nitrogens with one attached hydrogen (secondary N) is 2. The number of amides is 1. The van der Waals surface area contributed by atoms with E-state index in [4.69, 9.17) is 0 Å². The summed E-state index contributed by atoms with van der Waals surface area (Å²) in [6.07, 6.45) is 9.73. The van der Waals surface area contributed by atoms with Crippen molar-refractivity contribution in [3.63, 3.8) is 0 Å². The zero-order chi connectivity index (χ0) is 24.1. The zero-order valence-corrected chi connectivity index (χ0v) is 21.7. The van der Waals surface area contributed by atoms with Gasteiger partial charge in [0.25, 0.3) is 0 Å². The topological polar surface area (TPSA) is 81.7 Å². The Morgan fingerprint density at radius 3 is 2.09 bits per heavy atom. The number of nitrogens with zero attached hydrogens (tertiary/aromatic N) is 2. The number of benzene rings is 1. The third kappa shape index (κ3) is 6.52. The van der Waals surface area contributed by atoms with Gasteiger partial charge in [-0.2, -0.15) is 0 Å². The molecule has 34 heavy (non-hydrogen) atoms. The highest BCUT2D eigenvalue weighted by atomic mass is 32.2. The molecule has 1 amide bonds. The molecule has 8 heteroatoms. The Morgan fingerprint density at radius 2 is 1.50 bits per heavy atom. The van der Waals surface area contributed by atoms with E-state index in [-0.39, 0.29) is 17.9 Å². The standard InChI is InChI=1S/C26H42N4O3S/c1-20(2)34(32,33)28-23-10-8-21(9-11-23)26(31)27-22-12-14-25(15-13-22)30-18-16-29(17-19-30)24-6-4-3-5-7-24/h12-15,20-21,23-24,28H,3-11,16-19H2,1-2H3,(H,27,31). The average molecular weight is 491 g/mol. The van der Waals surface area contributed by atoms with Crippen LogP contribution in [-0.4, -0.2) is 62.7 Å². The molecule has 1 aromatic rings. The van der Waals surface area contributed by atoms with Gasteiger partial charge in [0.15, 0.2) is 0 Å². The molecule has 1 heterocycles. The van der Waals surface area contributed by atoms with Crippen molar-refractivity contribution in [2.75, 3.05) is 36.4 Å². The fraction of sp³-hybridized carbons (Fsp3) is 0.731. The van der Waals surface area contributed by atoms with Crippen LogP contribution in [0.1, 0.15) is 71.6 Å². The smallest absolute Gasteiger partial charge is 0.227 e. The second-order valence-electron chi connectivity index (χ2n) is 10.6. The Morgan fingerprint density at radius 1 is 0.882 bits per heavy atom. The van der Waals surface area contributed by atoms with Gasteiger partial charge in [0, 0.05) is 55.6 Å². The molecule has 0 atom stereocenters. The van der Waals surface area contributed by atoms with Crippen molar-refractivity contribution in [1.29, 1.82) is 0 Å². The van der Waals surface area contributed by atoms with Gasteiger partial charge in [-0.25, -0.2) is 13.1 Å². The van der Waals surface area contributed by atoms with Crippen molar-refractivity contribution in [1.82, 2.24) is 9.62 Å². The number of sulfonamides is 1. The minimum Gasteiger partial charge on any atom is -0.369 e. The SMILES string of the molecule is CC(C)S(=O)(=O)NC1CCC(C(=O)Nc2ccc(N3CCN(C4CCCCC4)CC3)cc2)CC1. The minimum atomic E-state index is -3.26. The molecule has 1 saturated heterocycles. The highest BCUT2D eigenvalue weighted by Gasteiger charge is 2.30. The maximum absolute atomic E-state index is 12.8. The number of hydrogen-bond acceptors (Lipinski definition) is 5. The van der Waals surface area contributed by atoms with Gasteiger partial charge in [0.2, 0.25) is 15.9 Å². The number of anilines is 2. The van der Waals surface area contributed by atoms with E-state index in [1.165, 1.54) is 37.8 Å². The molecule has 3 aliphatic rings. The average Bonchev–Trinajstić information content (AvgIpc) is 2.85. The predicted octanol–water partition coefficient (Wildman–Crippen LogP) is 3.97. The Bertz CT molecular complexity index is 896. The van der Waals surface area contributed by atoms with Crippen molar-refractivity contribution < 1.29 is 13.2 Å². The lowest BCUT2D eigenvalue weighted by molar-refractivity contribution is -0.120. The first-order chi connectivity index (χ1) is 16.3. The summed E-state index contributed by atoms with van der Waals surface area (Å²) in [5.74, 6) is -0.0219. The van der Waals surface area contributed by atoms with E-state index in [1.807, 2.05) is 12.1 Å². The predicted molar refractivity (Wildman–Crippen MR) is 139 cm³/mol. The van der Waals surface area contributed by atoms with Crippen LogP contribution < -0.4 is 14.9 Å². The van der Waals surface area contributed by atoms with Gasteiger partial charge in [-0.1, -0.05) is 19.3 Å². The summed E-state index contributed by atoms with van der Waals surface area (Å²) < 4.78 is 27.0. The number of hydrogen-bond donors (Lipinski definition) is 2. The van der Waals surface area contributed by atoms with Crippen molar-refractivity contribution in [3.8, 4) is 0 Å². The molecule has 1 aliphatic heterocycles. The molecule has 3 fully saturated rings. The van der Waals surface area contributed by atoms with E-state index in [1.54, 1.807) is 13.8 Å². The number of carbonyl (C=O) groups excluding carboxylic acids is 1. The fourth-order valence-corrected chi connectivity index (χ4v) is 6.61. The van der Waals surface area contributed by atoms with Gasteiger partial charge < -0.3 is 10.2 Å². The lowest BCUT2D eigenvalue weighted by atomic mass is 9.86. The van der Waals surface area contributed by atoms with Crippen molar-refractivity contribution in [2.24, 2.45) is 5.92 Å². The van der Waals surface area contributed by atoms with Gasteiger partial charge in [0.1, 0.15) is 0 Å². The van der Waals surface area contributed by atoms with E-state index in [0.29, 0.717) is 25.7 Å². The quantitative estimate of drug-likeness (QED) is 0.605. The number of carbonyl (C=O) groups is 1. The first kappa shape index (κ1) is 25.5. The lowest BCUT2D eigenvalue weighted by Gasteiger charge is -2.41. The summed E-state index contributed by atoms with van der Waals surface area (Å²) in [5, 5.41) is 2.64. The zero-order valence-electron chi connectivity index (χ0n) is 20.8. The van der Waals surface area contributed by atoms with Crippen molar-refractivity contribution in [2.45, 2.75) is 89.0 Å². The molecule has 2 saturated carbocycles.